The van der Waals surface area contributed by atoms with Gasteiger partial charge in [0.15, 0.2) is 5.54 Å². The first-order chi connectivity index (χ1) is 22.8. The lowest BCUT2D eigenvalue weighted by Gasteiger charge is -2.35. The number of carbonyl (C=O) groups is 3. The monoisotopic (exact) mass is 670 g/mol. The van der Waals surface area contributed by atoms with E-state index in [1.165, 1.54) is 22.7 Å². The summed E-state index contributed by atoms with van der Waals surface area (Å²) in [7, 11) is 0. The van der Waals surface area contributed by atoms with Crippen molar-refractivity contribution in [2.24, 2.45) is 11.8 Å². The van der Waals surface area contributed by atoms with Gasteiger partial charge in [0.1, 0.15) is 10.0 Å². The minimum absolute atomic E-state index is 0.241. The van der Waals surface area contributed by atoms with E-state index in [0.29, 0.717) is 44.1 Å². The third kappa shape index (κ3) is 6.35. The molecule has 0 radical (unpaired) electrons. The highest BCUT2D eigenvalue weighted by Crippen LogP contribution is 2.46. The van der Waals surface area contributed by atoms with Crippen LogP contribution in [-0.4, -0.2) is 31.1 Å². The number of amides is 1. The Balaban J connectivity index is 1.54. The Morgan fingerprint density at radius 3 is 1.64 bits per heavy atom. The number of rotatable bonds is 10. The maximum Gasteiger partial charge on any atom is 0.341 e. The van der Waals surface area contributed by atoms with E-state index in [9.17, 15) is 9.59 Å². The van der Waals surface area contributed by atoms with Gasteiger partial charge in [-0.1, -0.05) is 74.5 Å². The van der Waals surface area contributed by atoms with Crippen molar-refractivity contribution in [3.63, 3.8) is 0 Å². The van der Waals surface area contributed by atoms with Gasteiger partial charge in [-0.25, -0.2) is 9.59 Å². The highest BCUT2D eigenvalue weighted by atomic mass is 32.1. The quantitative estimate of drug-likeness (QED) is 0.165. The van der Waals surface area contributed by atoms with E-state index in [-0.39, 0.29) is 25.1 Å². The van der Waals surface area contributed by atoms with Crippen LogP contribution in [0.3, 0.4) is 0 Å². The van der Waals surface area contributed by atoms with Crippen LogP contribution in [0.1, 0.15) is 93.3 Å². The van der Waals surface area contributed by atoms with Crippen molar-refractivity contribution < 1.29 is 23.9 Å². The van der Waals surface area contributed by atoms with Crippen molar-refractivity contribution in [3.05, 3.63) is 104 Å². The third-order valence-corrected chi connectivity index (χ3v) is 11.6. The molecule has 246 valence electrons. The summed E-state index contributed by atoms with van der Waals surface area (Å²) in [5.41, 5.74) is 2.88. The molecule has 2 atom stereocenters. The number of hydrogen-bond donors (Lipinski definition) is 2. The summed E-state index contributed by atoms with van der Waals surface area (Å²) in [6, 6.07) is 19.2. The Bertz CT molecular complexity index is 1720. The summed E-state index contributed by atoms with van der Waals surface area (Å²) in [5, 5.41) is 7.99. The molecule has 0 unspecified atom stereocenters. The first kappa shape index (κ1) is 33.0. The zero-order valence-corrected chi connectivity index (χ0v) is 29.1. The van der Waals surface area contributed by atoms with Gasteiger partial charge in [-0.05, 0) is 86.5 Å². The normalized spacial score (nSPS) is 17.3. The maximum absolute atomic E-state index is 15.2. The van der Waals surface area contributed by atoms with E-state index in [4.69, 9.17) is 9.47 Å². The second-order valence-electron chi connectivity index (χ2n) is 12.6. The molecule has 2 N–H and O–H groups in total. The number of thiophene rings is 2. The second kappa shape index (κ2) is 14.0. The van der Waals surface area contributed by atoms with Crippen molar-refractivity contribution in [1.82, 2.24) is 0 Å². The molecule has 2 aromatic heterocycles. The number of carbonyl (C=O) groups excluding carboxylic acids is 3. The third-order valence-electron chi connectivity index (χ3n) is 9.26. The molecule has 0 saturated carbocycles. The molecular formula is C38H42N2O5S2. The predicted octanol–water partition coefficient (Wildman–Crippen LogP) is 8.41. The van der Waals surface area contributed by atoms with Gasteiger partial charge >= 0.3 is 11.9 Å². The lowest BCUT2D eigenvalue weighted by Crippen LogP contribution is -2.48. The Morgan fingerprint density at radius 2 is 1.17 bits per heavy atom. The molecular weight excluding hydrogens is 629 g/mol. The SMILES string of the molecule is CCOC(=O)c1c(NC(=O)C(Nc2sc3c(c2C(=O)OCC)CC[C@@H](C)C3)(c2ccccc2)c2ccccc2)sc2c1CC[C@H](C)C2. The summed E-state index contributed by atoms with van der Waals surface area (Å²) in [4.78, 5) is 44.5. The van der Waals surface area contributed by atoms with Crippen LogP contribution in [0.25, 0.3) is 0 Å². The Morgan fingerprint density at radius 1 is 0.723 bits per heavy atom. The van der Waals surface area contributed by atoms with Crippen LogP contribution in [-0.2, 0) is 45.5 Å². The molecule has 0 spiro atoms. The van der Waals surface area contributed by atoms with Gasteiger partial charge in [-0.2, -0.15) is 0 Å². The first-order valence-corrected chi connectivity index (χ1v) is 18.2. The van der Waals surface area contributed by atoms with Crippen molar-refractivity contribution in [1.29, 1.82) is 0 Å². The number of esters is 2. The number of hydrogen-bond acceptors (Lipinski definition) is 8. The summed E-state index contributed by atoms with van der Waals surface area (Å²) >= 11 is 3.00. The standard InChI is InChI=1S/C38H42N2O5S2/c1-5-44-35(41)31-27-19-17-23(3)21-29(27)46-33(31)39-37(43)38(25-13-9-7-10-14-25,26-15-11-8-12-16-26)40-34-32(36(42)45-6-2)28-20-18-24(4)22-30(28)47-34/h7-16,23-24,40H,5-6,17-22H2,1-4H3,(H,39,43)/t23-,24+/m0/s1. The summed E-state index contributed by atoms with van der Waals surface area (Å²) in [5.74, 6) is -0.182. The molecule has 2 aliphatic carbocycles. The predicted molar refractivity (Wildman–Crippen MR) is 189 cm³/mol. The fourth-order valence-corrected chi connectivity index (χ4v) is 9.74. The fraction of sp³-hybridized carbons (Fsp3) is 0.395. The molecule has 4 aromatic rings. The number of anilines is 2. The summed E-state index contributed by atoms with van der Waals surface area (Å²) in [6.07, 6.45) is 5.22. The minimum atomic E-state index is -1.47. The highest BCUT2D eigenvalue weighted by Gasteiger charge is 2.45. The van der Waals surface area contributed by atoms with E-state index >= 15 is 4.79 Å². The lowest BCUT2D eigenvalue weighted by atomic mass is 9.81. The van der Waals surface area contributed by atoms with Gasteiger partial charge in [-0.15, -0.1) is 22.7 Å². The van der Waals surface area contributed by atoms with Crippen molar-refractivity contribution >= 4 is 50.5 Å². The average Bonchev–Trinajstić information content (AvgIpc) is 3.60. The smallest absolute Gasteiger partial charge is 0.341 e. The zero-order chi connectivity index (χ0) is 33.1. The Kier molecular flexibility index (Phi) is 9.85. The molecule has 9 heteroatoms. The molecule has 7 nitrogen and oxygen atoms in total. The fourth-order valence-electron chi connectivity index (χ4n) is 6.89. The van der Waals surface area contributed by atoms with Crippen molar-refractivity contribution in [2.45, 2.75) is 71.8 Å². The second-order valence-corrected chi connectivity index (χ2v) is 14.8. The van der Waals surface area contributed by atoms with Gasteiger partial charge in [0.2, 0.25) is 0 Å². The number of fused-ring (bicyclic) bond motifs is 2. The molecule has 2 aliphatic rings. The number of benzene rings is 2. The van der Waals surface area contributed by atoms with Gasteiger partial charge < -0.3 is 20.1 Å². The van der Waals surface area contributed by atoms with E-state index in [1.54, 1.807) is 13.8 Å². The molecule has 0 fully saturated rings. The molecule has 0 bridgehead atoms. The van der Waals surface area contributed by atoms with Crippen LogP contribution in [0.4, 0.5) is 10.0 Å². The average molecular weight is 671 g/mol. The summed E-state index contributed by atoms with van der Waals surface area (Å²) in [6.45, 7) is 8.53. The van der Waals surface area contributed by atoms with E-state index in [0.717, 1.165) is 59.4 Å². The van der Waals surface area contributed by atoms with Gasteiger partial charge in [0.05, 0.1) is 24.3 Å². The van der Waals surface area contributed by atoms with Crippen LogP contribution in [0, 0.1) is 11.8 Å². The minimum Gasteiger partial charge on any atom is -0.462 e. The molecule has 0 aliphatic heterocycles. The van der Waals surface area contributed by atoms with Crippen LogP contribution in [0.15, 0.2) is 60.7 Å². The van der Waals surface area contributed by atoms with E-state index < -0.39 is 11.5 Å². The van der Waals surface area contributed by atoms with Crippen molar-refractivity contribution in [3.8, 4) is 0 Å². The Hall–Kier alpha value is -3.95. The van der Waals surface area contributed by atoms with E-state index in [2.05, 4.69) is 24.5 Å². The van der Waals surface area contributed by atoms with Gasteiger partial charge in [0.25, 0.3) is 5.91 Å². The van der Waals surface area contributed by atoms with Crippen molar-refractivity contribution in [2.75, 3.05) is 23.8 Å². The van der Waals surface area contributed by atoms with Gasteiger partial charge in [0, 0.05) is 9.75 Å². The molecule has 2 heterocycles. The molecule has 0 saturated heterocycles. The summed E-state index contributed by atoms with van der Waals surface area (Å²) < 4.78 is 11.1. The number of ether oxygens (including phenoxy) is 2. The largest absolute Gasteiger partial charge is 0.462 e. The maximum atomic E-state index is 15.2. The molecule has 47 heavy (non-hydrogen) atoms. The van der Waals surface area contributed by atoms with Crippen LogP contribution < -0.4 is 10.6 Å². The molecule has 1 amide bonds. The lowest BCUT2D eigenvalue weighted by molar-refractivity contribution is -0.119. The topological polar surface area (TPSA) is 93.7 Å². The molecule has 6 rings (SSSR count). The van der Waals surface area contributed by atoms with Crippen LogP contribution in [0.5, 0.6) is 0 Å². The highest BCUT2D eigenvalue weighted by molar-refractivity contribution is 7.17. The van der Waals surface area contributed by atoms with Crippen LogP contribution in [0.2, 0.25) is 0 Å². The Labute approximate surface area is 284 Å². The zero-order valence-electron chi connectivity index (χ0n) is 27.4. The van der Waals surface area contributed by atoms with E-state index in [1.807, 2.05) is 60.7 Å². The van der Waals surface area contributed by atoms with Gasteiger partial charge in [-0.3, -0.25) is 4.79 Å². The van der Waals surface area contributed by atoms with Crippen LogP contribution >= 0.6 is 22.7 Å². The molecule has 2 aromatic carbocycles. The number of nitrogens with one attached hydrogen (secondary N) is 2. The first-order valence-electron chi connectivity index (χ1n) is 16.6.